The van der Waals surface area contributed by atoms with Gasteiger partial charge in [0.15, 0.2) is 8.32 Å². The zero-order chi connectivity index (χ0) is 24.6. The fourth-order valence-corrected chi connectivity index (χ4v) is 10.9. The molecule has 0 bridgehead atoms. The lowest BCUT2D eigenvalue weighted by Crippen LogP contribution is -2.48. The minimum atomic E-state index is -1.88. The number of hydrogen-bond donors (Lipinski definition) is 0. The molecule has 2 aromatic rings. The molecule has 0 fully saturated rings. The quantitative estimate of drug-likeness (QED) is 0.238. The zero-order valence-electron chi connectivity index (χ0n) is 21.2. The Kier molecular flexibility index (Phi) is 11.1. The SMILES string of the molecule is CCO[C@@H](CCO[Si](C(C)C)(C(C)C)C(C)C)c1ccc(OCc2ccc(F)c(Br)c2)cc1. The summed E-state index contributed by atoms with van der Waals surface area (Å²) in [6.45, 7) is 17.7. The maximum Gasteiger partial charge on any atom is 0.200 e. The Morgan fingerprint density at radius 1 is 0.909 bits per heavy atom. The minimum absolute atomic E-state index is 0.00436. The standard InChI is InChI=1S/C27H40BrFO3Si/c1-8-30-27(15-16-32-33(19(2)3,20(4)5)21(6)7)23-10-12-24(13-11-23)31-18-22-9-14-26(29)25(28)17-22/h9-14,17,19-21,27H,8,15-16,18H2,1-7H3/t27-/m0/s1. The van der Waals surface area contributed by atoms with E-state index in [0.29, 0.717) is 40.9 Å². The molecule has 0 N–H and O–H groups in total. The van der Waals surface area contributed by atoms with E-state index in [1.54, 1.807) is 12.1 Å². The van der Waals surface area contributed by atoms with Crippen molar-refractivity contribution >= 4 is 24.2 Å². The van der Waals surface area contributed by atoms with Gasteiger partial charge in [0.1, 0.15) is 18.2 Å². The Hall–Kier alpha value is -1.21. The highest BCUT2D eigenvalue weighted by Gasteiger charge is 2.44. The van der Waals surface area contributed by atoms with Crippen LogP contribution in [0, 0.1) is 5.82 Å². The summed E-state index contributed by atoms with van der Waals surface area (Å²) in [5.74, 6) is 0.501. The van der Waals surface area contributed by atoms with Crippen LogP contribution in [0.3, 0.4) is 0 Å². The summed E-state index contributed by atoms with van der Waals surface area (Å²) in [6.07, 6.45) is 0.828. The fourth-order valence-electron chi connectivity index (χ4n) is 4.96. The van der Waals surface area contributed by atoms with Gasteiger partial charge in [0.25, 0.3) is 0 Å². The van der Waals surface area contributed by atoms with Crippen LogP contribution >= 0.6 is 15.9 Å². The summed E-state index contributed by atoms with van der Waals surface area (Å²) < 4.78 is 32.6. The maximum absolute atomic E-state index is 13.4. The average molecular weight is 540 g/mol. The Morgan fingerprint density at radius 2 is 1.52 bits per heavy atom. The van der Waals surface area contributed by atoms with Gasteiger partial charge < -0.3 is 13.9 Å². The van der Waals surface area contributed by atoms with Crippen molar-refractivity contribution in [1.82, 2.24) is 0 Å². The highest BCUT2D eigenvalue weighted by Crippen LogP contribution is 2.42. The van der Waals surface area contributed by atoms with Crippen LogP contribution in [0.4, 0.5) is 4.39 Å². The van der Waals surface area contributed by atoms with Crippen molar-refractivity contribution in [2.24, 2.45) is 0 Å². The van der Waals surface area contributed by atoms with Gasteiger partial charge >= 0.3 is 0 Å². The summed E-state index contributed by atoms with van der Waals surface area (Å²) in [5.41, 5.74) is 3.75. The lowest BCUT2D eigenvalue weighted by Gasteiger charge is -2.42. The first-order chi connectivity index (χ1) is 15.6. The maximum atomic E-state index is 13.4. The summed E-state index contributed by atoms with van der Waals surface area (Å²) in [5, 5.41) is 0. The van der Waals surface area contributed by atoms with E-state index >= 15 is 0 Å². The Bertz CT molecular complexity index is 833. The molecule has 0 spiro atoms. The van der Waals surface area contributed by atoms with Gasteiger partial charge in [-0.2, -0.15) is 0 Å². The zero-order valence-corrected chi connectivity index (χ0v) is 23.7. The van der Waals surface area contributed by atoms with Gasteiger partial charge in [0, 0.05) is 13.2 Å². The third-order valence-corrected chi connectivity index (χ3v) is 13.2. The largest absolute Gasteiger partial charge is 0.489 e. The summed E-state index contributed by atoms with van der Waals surface area (Å²) in [7, 11) is -1.88. The predicted molar refractivity (Wildman–Crippen MR) is 141 cm³/mol. The van der Waals surface area contributed by atoms with E-state index in [4.69, 9.17) is 13.9 Å². The second kappa shape index (κ2) is 13.0. The van der Waals surface area contributed by atoms with Gasteiger partial charge in [-0.1, -0.05) is 59.7 Å². The molecule has 1 atom stereocenters. The molecular formula is C27H40BrFO3Si. The van der Waals surface area contributed by atoms with Gasteiger partial charge in [0.2, 0.25) is 0 Å². The molecule has 0 radical (unpaired) electrons. The topological polar surface area (TPSA) is 27.7 Å². The second-order valence-electron chi connectivity index (χ2n) is 9.50. The smallest absolute Gasteiger partial charge is 0.200 e. The molecular weight excluding hydrogens is 499 g/mol. The highest BCUT2D eigenvalue weighted by molar-refractivity contribution is 9.10. The summed E-state index contributed by atoms with van der Waals surface area (Å²) in [4.78, 5) is 0. The number of ether oxygens (including phenoxy) is 2. The van der Waals surface area contributed by atoms with E-state index in [1.807, 2.05) is 19.1 Å². The van der Waals surface area contributed by atoms with Crippen molar-refractivity contribution in [1.29, 1.82) is 0 Å². The van der Waals surface area contributed by atoms with E-state index in [1.165, 1.54) is 6.07 Å². The first-order valence-electron chi connectivity index (χ1n) is 12.0. The Labute approximate surface area is 209 Å². The van der Waals surface area contributed by atoms with E-state index in [2.05, 4.69) is 69.6 Å². The molecule has 184 valence electrons. The number of benzene rings is 2. The van der Waals surface area contributed by atoms with Crippen molar-refractivity contribution in [3.05, 3.63) is 63.9 Å². The summed E-state index contributed by atoms with van der Waals surface area (Å²) >= 11 is 3.22. The van der Waals surface area contributed by atoms with E-state index in [0.717, 1.165) is 23.3 Å². The Balaban J connectivity index is 2.01. The molecule has 0 aliphatic heterocycles. The van der Waals surface area contributed by atoms with Crippen LogP contribution in [0.15, 0.2) is 46.9 Å². The summed E-state index contributed by atoms with van der Waals surface area (Å²) in [6, 6.07) is 13.0. The van der Waals surface area contributed by atoms with Crippen LogP contribution < -0.4 is 4.74 Å². The van der Waals surface area contributed by atoms with E-state index in [-0.39, 0.29) is 11.9 Å². The van der Waals surface area contributed by atoms with Gasteiger partial charge in [-0.15, -0.1) is 0 Å². The minimum Gasteiger partial charge on any atom is -0.489 e. The number of rotatable bonds is 13. The van der Waals surface area contributed by atoms with Crippen molar-refractivity contribution in [2.45, 2.75) is 84.2 Å². The predicted octanol–water partition coefficient (Wildman–Crippen LogP) is 8.83. The van der Waals surface area contributed by atoms with Crippen LogP contribution in [-0.2, 0) is 15.8 Å². The molecule has 0 saturated heterocycles. The lowest BCUT2D eigenvalue weighted by molar-refractivity contribution is 0.0439. The first-order valence-corrected chi connectivity index (χ1v) is 15.0. The molecule has 0 aliphatic carbocycles. The number of hydrogen-bond acceptors (Lipinski definition) is 3. The molecule has 0 heterocycles. The van der Waals surface area contributed by atoms with Crippen LogP contribution in [0.5, 0.6) is 5.75 Å². The third-order valence-electron chi connectivity index (χ3n) is 6.45. The number of halogens is 2. The van der Waals surface area contributed by atoms with Gasteiger partial charge in [0.05, 0.1) is 10.6 Å². The highest BCUT2D eigenvalue weighted by atomic mass is 79.9. The van der Waals surface area contributed by atoms with Crippen molar-refractivity contribution < 1.29 is 18.3 Å². The first kappa shape index (κ1) is 28.0. The van der Waals surface area contributed by atoms with Crippen LogP contribution in [-0.4, -0.2) is 21.5 Å². The molecule has 33 heavy (non-hydrogen) atoms. The van der Waals surface area contributed by atoms with E-state index in [9.17, 15) is 4.39 Å². The third kappa shape index (κ3) is 7.38. The van der Waals surface area contributed by atoms with Crippen molar-refractivity contribution in [2.75, 3.05) is 13.2 Å². The lowest BCUT2D eigenvalue weighted by atomic mass is 10.1. The molecule has 3 nitrogen and oxygen atoms in total. The van der Waals surface area contributed by atoms with Crippen LogP contribution in [0.25, 0.3) is 0 Å². The normalized spacial score (nSPS) is 13.2. The van der Waals surface area contributed by atoms with Crippen molar-refractivity contribution in [3.8, 4) is 5.75 Å². The fraction of sp³-hybridized carbons (Fsp3) is 0.556. The second-order valence-corrected chi connectivity index (χ2v) is 15.8. The van der Waals surface area contributed by atoms with E-state index < -0.39 is 8.32 Å². The van der Waals surface area contributed by atoms with Gasteiger partial charge in [-0.25, -0.2) is 4.39 Å². The van der Waals surface area contributed by atoms with Gasteiger partial charge in [-0.3, -0.25) is 0 Å². The molecule has 0 unspecified atom stereocenters. The Morgan fingerprint density at radius 3 is 2.03 bits per heavy atom. The monoisotopic (exact) mass is 538 g/mol. The molecule has 2 aromatic carbocycles. The van der Waals surface area contributed by atoms with Crippen LogP contribution in [0.2, 0.25) is 16.6 Å². The van der Waals surface area contributed by atoms with Crippen molar-refractivity contribution in [3.63, 3.8) is 0 Å². The molecule has 0 aliphatic rings. The molecule has 0 saturated carbocycles. The van der Waals surface area contributed by atoms with Gasteiger partial charge in [-0.05, 0) is 81.3 Å². The molecule has 0 amide bonds. The molecule has 0 aromatic heterocycles. The average Bonchev–Trinajstić information content (AvgIpc) is 2.76. The molecule has 2 rings (SSSR count). The molecule has 6 heteroatoms. The van der Waals surface area contributed by atoms with Crippen LogP contribution in [0.1, 0.15) is 72.1 Å².